The number of imide groups is 1. The van der Waals surface area contributed by atoms with Gasteiger partial charge >= 0.3 is 0 Å². The minimum atomic E-state index is -0.361. The van der Waals surface area contributed by atoms with Crippen molar-refractivity contribution < 1.29 is 9.59 Å². The van der Waals surface area contributed by atoms with Crippen LogP contribution >= 0.6 is 0 Å². The minimum absolute atomic E-state index is 0.361. The van der Waals surface area contributed by atoms with Crippen LogP contribution in [0.1, 0.15) is 27.2 Å². The molecule has 1 aromatic heterocycles. The fourth-order valence-electron chi connectivity index (χ4n) is 2.74. The van der Waals surface area contributed by atoms with Crippen LogP contribution in [0.3, 0.4) is 0 Å². The Morgan fingerprint density at radius 3 is 2.36 bits per heavy atom. The zero-order valence-electron chi connectivity index (χ0n) is 14.4. The largest absolute Gasteiger partial charge is 0.278 e. The Hall–Kier alpha value is -3.21. The van der Waals surface area contributed by atoms with E-state index in [-0.39, 0.29) is 5.91 Å². The van der Waals surface area contributed by atoms with E-state index >= 15 is 0 Å². The topological polar surface area (TPSA) is 55.2 Å². The average Bonchev–Trinajstić information content (AvgIpc) is 2.98. The quantitative estimate of drug-likeness (QED) is 0.686. The van der Waals surface area contributed by atoms with E-state index in [1.165, 1.54) is 0 Å². The Morgan fingerprint density at radius 2 is 1.72 bits per heavy atom. The Balaban J connectivity index is 2.00. The molecule has 126 valence electrons. The molecule has 0 N–H and O–H groups in total. The predicted octanol–water partition coefficient (Wildman–Crippen LogP) is 3.60. The van der Waals surface area contributed by atoms with Crippen LogP contribution < -0.4 is 4.90 Å². The minimum Gasteiger partial charge on any atom is -0.278 e. The second kappa shape index (κ2) is 6.73. The van der Waals surface area contributed by atoms with Gasteiger partial charge in [0.1, 0.15) is 0 Å². The lowest BCUT2D eigenvalue weighted by Gasteiger charge is -2.16. The van der Waals surface area contributed by atoms with Crippen molar-refractivity contribution in [3.8, 4) is 5.69 Å². The number of nitrogens with zero attached hydrogens (tertiary/aromatic N) is 3. The van der Waals surface area contributed by atoms with E-state index in [4.69, 9.17) is 0 Å². The van der Waals surface area contributed by atoms with Gasteiger partial charge in [-0.15, -0.1) is 0 Å². The van der Waals surface area contributed by atoms with Gasteiger partial charge in [-0.05, 0) is 44.5 Å². The van der Waals surface area contributed by atoms with E-state index in [1.54, 1.807) is 23.0 Å². The summed E-state index contributed by atoms with van der Waals surface area (Å²) in [5.41, 5.74) is 4.54. The number of carbonyl (C=O) groups excluding carboxylic acids is 2. The van der Waals surface area contributed by atoms with Gasteiger partial charge in [-0.2, -0.15) is 5.10 Å². The van der Waals surface area contributed by atoms with Crippen LogP contribution in [0.25, 0.3) is 5.69 Å². The van der Waals surface area contributed by atoms with Gasteiger partial charge in [-0.25, -0.2) is 9.58 Å². The lowest BCUT2D eigenvalue weighted by Crippen LogP contribution is -2.30. The van der Waals surface area contributed by atoms with Crippen LogP contribution in [0.4, 0.5) is 5.69 Å². The summed E-state index contributed by atoms with van der Waals surface area (Å²) in [6.45, 7) is 5.70. The molecule has 0 atom stereocenters. The first kappa shape index (κ1) is 16.6. The predicted molar refractivity (Wildman–Crippen MR) is 97.1 cm³/mol. The Kier molecular flexibility index (Phi) is 4.48. The summed E-state index contributed by atoms with van der Waals surface area (Å²) in [4.78, 5) is 25.5. The van der Waals surface area contributed by atoms with Crippen molar-refractivity contribution in [1.29, 1.82) is 0 Å². The van der Waals surface area contributed by atoms with Gasteiger partial charge in [-0.3, -0.25) is 9.59 Å². The number of hydrogen-bond donors (Lipinski definition) is 0. The number of aromatic nitrogens is 2. The summed E-state index contributed by atoms with van der Waals surface area (Å²) in [5, 5.41) is 4.35. The highest BCUT2D eigenvalue weighted by molar-refractivity contribution is 6.16. The number of anilines is 1. The van der Waals surface area contributed by atoms with Gasteiger partial charge in [0.05, 0.1) is 23.3 Å². The molecule has 0 aliphatic carbocycles. The second-order valence-electron chi connectivity index (χ2n) is 5.96. The molecule has 3 aromatic rings. The van der Waals surface area contributed by atoms with E-state index in [2.05, 4.69) is 5.10 Å². The van der Waals surface area contributed by atoms with Gasteiger partial charge in [0, 0.05) is 5.56 Å². The third kappa shape index (κ3) is 3.08. The fourth-order valence-corrected chi connectivity index (χ4v) is 2.74. The molecule has 0 fully saturated rings. The summed E-state index contributed by atoms with van der Waals surface area (Å²) in [6, 6.07) is 15.1. The van der Waals surface area contributed by atoms with Crippen molar-refractivity contribution in [2.75, 3.05) is 4.90 Å². The maximum atomic E-state index is 12.8. The average molecular weight is 333 g/mol. The van der Waals surface area contributed by atoms with Crippen LogP contribution in [0.5, 0.6) is 0 Å². The molecule has 2 amide bonds. The smallest absolute Gasteiger partial charge is 0.265 e. The van der Waals surface area contributed by atoms with E-state index < -0.39 is 0 Å². The zero-order valence-corrected chi connectivity index (χ0v) is 14.4. The first-order chi connectivity index (χ1) is 12.0. The number of benzene rings is 2. The van der Waals surface area contributed by atoms with Gasteiger partial charge in [0.25, 0.3) is 5.91 Å². The maximum absolute atomic E-state index is 12.8. The van der Waals surface area contributed by atoms with Crippen molar-refractivity contribution in [1.82, 2.24) is 9.78 Å². The highest BCUT2D eigenvalue weighted by atomic mass is 16.2. The summed E-state index contributed by atoms with van der Waals surface area (Å²) < 4.78 is 1.72. The Labute approximate surface area is 146 Å². The normalized spacial score (nSPS) is 10.5. The maximum Gasteiger partial charge on any atom is 0.265 e. The molecule has 0 aliphatic rings. The second-order valence-corrected chi connectivity index (χ2v) is 5.96. The third-order valence-corrected chi connectivity index (χ3v) is 4.22. The van der Waals surface area contributed by atoms with E-state index in [0.29, 0.717) is 17.7 Å². The number of carbonyl (C=O) groups is 2. The monoisotopic (exact) mass is 333 g/mol. The van der Waals surface area contributed by atoms with Crippen molar-refractivity contribution in [2.24, 2.45) is 0 Å². The molecule has 5 heteroatoms. The summed E-state index contributed by atoms with van der Waals surface area (Å²) in [7, 11) is 0. The molecule has 1 heterocycles. The zero-order chi connectivity index (χ0) is 18.0. The molecule has 0 aliphatic heterocycles. The van der Waals surface area contributed by atoms with Gasteiger partial charge < -0.3 is 0 Å². The molecular formula is C20H19N3O2. The molecule has 0 radical (unpaired) electrons. The molecular weight excluding hydrogens is 314 g/mol. The van der Waals surface area contributed by atoms with Gasteiger partial charge in [-0.1, -0.05) is 35.9 Å². The van der Waals surface area contributed by atoms with Crippen molar-refractivity contribution in [2.45, 2.75) is 20.8 Å². The molecule has 3 rings (SSSR count). The molecule has 0 spiro atoms. The number of amides is 2. The van der Waals surface area contributed by atoms with Crippen molar-refractivity contribution >= 4 is 18.0 Å². The van der Waals surface area contributed by atoms with E-state index in [0.717, 1.165) is 27.4 Å². The molecule has 0 saturated heterocycles. The van der Waals surface area contributed by atoms with Crippen molar-refractivity contribution in [3.63, 3.8) is 0 Å². The first-order valence-corrected chi connectivity index (χ1v) is 7.99. The van der Waals surface area contributed by atoms with Crippen LogP contribution in [-0.2, 0) is 4.79 Å². The molecule has 25 heavy (non-hydrogen) atoms. The third-order valence-electron chi connectivity index (χ3n) is 4.22. The van der Waals surface area contributed by atoms with Crippen LogP contribution in [0, 0.1) is 20.8 Å². The standard InChI is InChI=1S/C20H19N3O2/c1-14-8-10-17(11-9-14)23-16(3)19(12-21-23)22(13-24)20(25)18-7-5-4-6-15(18)2/h4-13H,1-3H3. The summed E-state index contributed by atoms with van der Waals surface area (Å²) >= 11 is 0. The van der Waals surface area contributed by atoms with Crippen LogP contribution in [0.2, 0.25) is 0 Å². The Bertz CT molecular complexity index is 926. The lowest BCUT2D eigenvalue weighted by molar-refractivity contribution is -0.106. The lowest BCUT2D eigenvalue weighted by atomic mass is 10.1. The molecule has 0 unspecified atom stereocenters. The first-order valence-electron chi connectivity index (χ1n) is 7.99. The fraction of sp³-hybridized carbons (Fsp3) is 0.150. The number of aryl methyl sites for hydroxylation is 2. The SMILES string of the molecule is Cc1ccc(-n2ncc(N(C=O)C(=O)c3ccccc3C)c2C)cc1. The van der Waals surface area contributed by atoms with E-state index in [1.807, 2.05) is 57.2 Å². The highest BCUT2D eigenvalue weighted by Gasteiger charge is 2.22. The van der Waals surface area contributed by atoms with E-state index in [9.17, 15) is 9.59 Å². The molecule has 5 nitrogen and oxygen atoms in total. The number of hydrogen-bond acceptors (Lipinski definition) is 3. The summed E-state index contributed by atoms with van der Waals surface area (Å²) in [5.74, 6) is -0.361. The highest BCUT2D eigenvalue weighted by Crippen LogP contribution is 2.24. The van der Waals surface area contributed by atoms with Crippen LogP contribution in [0.15, 0.2) is 54.7 Å². The number of rotatable bonds is 4. The molecule has 2 aromatic carbocycles. The molecule has 0 saturated carbocycles. The Morgan fingerprint density at radius 1 is 1.04 bits per heavy atom. The molecule has 0 bridgehead atoms. The van der Waals surface area contributed by atoms with Crippen LogP contribution in [-0.4, -0.2) is 22.1 Å². The van der Waals surface area contributed by atoms with Gasteiger partial charge in [0.15, 0.2) is 0 Å². The van der Waals surface area contributed by atoms with Gasteiger partial charge in [0.2, 0.25) is 6.41 Å². The summed E-state index contributed by atoms with van der Waals surface area (Å²) in [6.07, 6.45) is 2.08. The van der Waals surface area contributed by atoms with Crippen molar-refractivity contribution in [3.05, 3.63) is 77.1 Å².